The monoisotopic (exact) mass is 458 g/mol. The molecule has 11 heteroatoms. The highest BCUT2D eigenvalue weighted by Gasteiger charge is 2.42. The van der Waals surface area contributed by atoms with E-state index >= 15 is 0 Å². The molecule has 1 fully saturated rings. The van der Waals surface area contributed by atoms with E-state index in [9.17, 15) is 21.6 Å². The molecule has 156 valence electrons. The molecule has 8 nitrogen and oxygen atoms in total. The SMILES string of the molecule is COc1cc(Cl)c(C)cc1NS(=O)(=O)c1ccc(N2C(=O)C(C)CS2(=O)=O)cc1. The zero-order valence-corrected chi connectivity index (χ0v) is 18.2. The second kappa shape index (κ2) is 7.51. The molecule has 1 heterocycles. The van der Waals surface area contributed by atoms with Gasteiger partial charge in [0.05, 0.1) is 35.1 Å². The fourth-order valence-corrected chi connectivity index (χ4v) is 6.00. The molecule has 2 aromatic carbocycles. The highest BCUT2D eigenvalue weighted by molar-refractivity contribution is 7.94. The van der Waals surface area contributed by atoms with Gasteiger partial charge in [0.25, 0.3) is 10.0 Å². The van der Waals surface area contributed by atoms with Gasteiger partial charge in [0.15, 0.2) is 0 Å². The number of ether oxygens (including phenoxy) is 1. The van der Waals surface area contributed by atoms with Gasteiger partial charge in [0, 0.05) is 11.1 Å². The molecule has 1 aliphatic rings. The Hall–Kier alpha value is -2.30. The molecule has 0 aromatic heterocycles. The number of nitrogens with one attached hydrogen (secondary N) is 1. The maximum atomic E-state index is 12.7. The fraction of sp³-hybridized carbons (Fsp3) is 0.278. The number of nitrogens with zero attached hydrogens (tertiary/aromatic N) is 1. The van der Waals surface area contributed by atoms with E-state index in [2.05, 4.69) is 4.72 Å². The van der Waals surface area contributed by atoms with Gasteiger partial charge in [0.2, 0.25) is 15.9 Å². The van der Waals surface area contributed by atoms with Crippen molar-refractivity contribution in [3.63, 3.8) is 0 Å². The molecular weight excluding hydrogens is 440 g/mol. The Balaban J connectivity index is 1.92. The average molecular weight is 459 g/mol. The van der Waals surface area contributed by atoms with Gasteiger partial charge < -0.3 is 4.74 Å². The number of methoxy groups -OCH3 is 1. The van der Waals surface area contributed by atoms with Crippen molar-refractivity contribution in [3.8, 4) is 5.75 Å². The molecule has 1 unspecified atom stereocenters. The summed E-state index contributed by atoms with van der Waals surface area (Å²) < 4.78 is 58.2. The number of amides is 1. The van der Waals surface area contributed by atoms with E-state index in [4.69, 9.17) is 16.3 Å². The minimum atomic E-state index is -3.99. The van der Waals surface area contributed by atoms with Crippen LogP contribution in [0.5, 0.6) is 5.75 Å². The molecule has 3 rings (SSSR count). The normalized spacial score (nSPS) is 18.7. The lowest BCUT2D eigenvalue weighted by Crippen LogP contribution is -2.30. The maximum Gasteiger partial charge on any atom is 0.262 e. The molecule has 0 bridgehead atoms. The van der Waals surface area contributed by atoms with Gasteiger partial charge in [-0.15, -0.1) is 0 Å². The van der Waals surface area contributed by atoms with Crippen molar-refractivity contribution >= 4 is 48.9 Å². The molecule has 1 saturated heterocycles. The van der Waals surface area contributed by atoms with E-state index in [-0.39, 0.29) is 27.8 Å². The summed E-state index contributed by atoms with van der Waals surface area (Å²) in [5.74, 6) is -1.21. The van der Waals surface area contributed by atoms with Crippen LogP contribution in [0.25, 0.3) is 0 Å². The van der Waals surface area contributed by atoms with Crippen LogP contribution >= 0.6 is 11.6 Å². The largest absolute Gasteiger partial charge is 0.495 e. The minimum absolute atomic E-state index is 0.0956. The summed E-state index contributed by atoms with van der Waals surface area (Å²) in [6.07, 6.45) is 0. The van der Waals surface area contributed by atoms with Gasteiger partial charge >= 0.3 is 0 Å². The number of sulfonamides is 2. The Labute approximate surface area is 174 Å². The maximum absolute atomic E-state index is 12.7. The van der Waals surface area contributed by atoms with Crippen LogP contribution in [0.4, 0.5) is 11.4 Å². The van der Waals surface area contributed by atoms with Crippen molar-refractivity contribution in [1.29, 1.82) is 0 Å². The van der Waals surface area contributed by atoms with Crippen molar-refractivity contribution in [2.75, 3.05) is 21.9 Å². The third-order valence-electron chi connectivity index (χ3n) is 4.47. The highest BCUT2D eigenvalue weighted by Crippen LogP contribution is 2.33. The summed E-state index contributed by atoms with van der Waals surface area (Å²) in [5, 5.41) is 0.430. The topological polar surface area (TPSA) is 110 Å². The summed E-state index contributed by atoms with van der Waals surface area (Å²) >= 11 is 6.04. The van der Waals surface area contributed by atoms with Crippen molar-refractivity contribution in [2.24, 2.45) is 5.92 Å². The molecule has 1 aliphatic heterocycles. The summed E-state index contributed by atoms with van der Waals surface area (Å²) in [4.78, 5) is 12.1. The minimum Gasteiger partial charge on any atom is -0.495 e. The first-order valence-corrected chi connectivity index (χ1v) is 12.0. The van der Waals surface area contributed by atoms with Gasteiger partial charge in [-0.25, -0.2) is 21.1 Å². The third kappa shape index (κ3) is 4.05. The van der Waals surface area contributed by atoms with E-state index in [0.29, 0.717) is 14.9 Å². The van der Waals surface area contributed by atoms with Gasteiger partial charge in [-0.1, -0.05) is 18.5 Å². The lowest BCUT2D eigenvalue weighted by Gasteiger charge is -2.16. The molecule has 1 atom stereocenters. The van der Waals surface area contributed by atoms with Crippen LogP contribution in [0, 0.1) is 12.8 Å². The number of carbonyl (C=O) groups excluding carboxylic acids is 1. The Morgan fingerprint density at radius 1 is 1.21 bits per heavy atom. The summed E-state index contributed by atoms with van der Waals surface area (Å²) in [6, 6.07) is 8.09. The molecule has 1 amide bonds. The predicted molar refractivity (Wildman–Crippen MR) is 110 cm³/mol. The lowest BCUT2D eigenvalue weighted by molar-refractivity contribution is -0.119. The van der Waals surface area contributed by atoms with E-state index in [0.717, 1.165) is 0 Å². The number of carbonyl (C=O) groups is 1. The quantitative estimate of drug-likeness (QED) is 0.737. The Kier molecular flexibility index (Phi) is 5.54. The number of rotatable bonds is 5. The summed E-state index contributed by atoms with van der Waals surface area (Å²) in [5.41, 5.74) is 0.968. The highest BCUT2D eigenvalue weighted by atomic mass is 35.5. The first-order valence-electron chi connectivity index (χ1n) is 8.50. The lowest BCUT2D eigenvalue weighted by atomic mass is 10.2. The summed E-state index contributed by atoms with van der Waals surface area (Å²) in [6.45, 7) is 3.26. The number of hydrogen-bond acceptors (Lipinski definition) is 6. The smallest absolute Gasteiger partial charge is 0.262 e. The van der Waals surface area contributed by atoms with Crippen LogP contribution in [0.2, 0.25) is 5.02 Å². The Morgan fingerprint density at radius 2 is 1.83 bits per heavy atom. The number of halogens is 1. The first-order chi connectivity index (χ1) is 13.5. The Morgan fingerprint density at radius 3 is 2.34 bits per heavy atom. The zero-order chi connectivity index (χ0) is 21.6. The second-order valence-corrected chi connectivity index (χ2v) is 10.6. The van der Waals surface area contributed by atoms with Gasteiger partial charge in [-0.05, 0) is 42.8 Å². The predicted octanol–water partition coefficient (Wildman–Crippen LogP) is 2.77. The third-order valence-corrected chi connectivity index (χ3v) is 8.12. The van der Waals surface area contributed by atoms with Crippen molar-refractivity contribution in [3.05, 3.63) is 47.0 Å². The molecule has 2 aromatic rings. The van der Waals surface area contributed by atoms with Gasteiger partial charge in [0.1, 0.15) is 5.75 Å². The van der Waals surface area contributed by atoms with Crippen LogP contribution in [-0.2, 0) is 24.8 Å². The molecular formula is C18H19ClN2O6S2. The number of aryl methyl sites for hydroxylation is 1. The van der Waals surface area contributed by atoms with Crippen LogP contribution < -0.4 is 13.8 Å². The van der Waals surface area contributed by atoms with E-state index in [1.165, 1.54) is 44.4 Å². The molecule has 0 saturated carbocycles. The van der Waals surface area contributed by atoms with Crippen LogP contribution in [0.3, 0.4) is 0 Å². The van der Waals surface area contributed by atoms with E-state index in [1.54, 1.807) is 13.0 Å². The molecule has 0 spiro atoms. The zero-order valence-electron chi connectivity index (χ0n) is 15.8. The van der Waals surface area contributed by atoms with Crippen molar-refractivity contribution in [2.45, 2.75) is 18.7 Å². The van der Waals surface area contributed by atoms with Crippen molar-refractivity contribution < 1.29 is 26.4 Å². The van der Waals surface area contributed by atoms with Crippen molar-refractivity contribution in [1.82, 2.24) is 0 Å². The van der Waals surface area contributed by atoms with E-state index < -0.39 is 31.9 Å². The number of anilines is 2. The molecule has 29 heavy (non-hydrogen) atoms. The molecule has 0 aliphatic carbocycles. The first kappa shape index (κ1) is 21.4. The summed E-state index contributed by atoms with van der Waals surface area (Å²) in [7, 11) is -6.37. The standard InChI is InChI=1S/C18H19ClN2O6S2/c1-11-8-16(17(27-3)9-15(11)19)20-29(25,26)14-6-4-13(5-7-14)21-18(22)12(2)10-28(21,23)24/h4-9,12,20H,10H2,1-3H3. The molecule has 1 N–H and O–H groups in total. The van der Waals surface area contributed by atoms with Gasteiger partial charge in [-0.3, -0.25) is 9.52 Å². The number of hydrogen-bond donors (Lipinski definition) is 1. The average Bonchev–Trinajstić information content (AvgIpc) is 2.84. The number of benzene rings is 2. The van der Waals surface area contributed by atoms with Crippen LogP contribution in [0.15, 0.2) is 41.3 Å². The van der Waals surface area contributed by atoms with Crippen LogP contribution in [-0.4, -0.2) is 35.6 Å². The second-order valence-electron chi connectivity index (χ2n) is 6.68. The molecule has 0 radical (unpaired) electrons. The fourth-order valence-electron chi connectivity index (χ4n) is 2.96. The van der Waals surface area contributed by atoms with Gasteiger partial charge in [-0.2, -0.15) is 0 Å². The van der Waals surface area contributed by atoms with E-state index in [1.807, 2.05) is 0 Å². The van der Waals surface area contributed by atoms with Crippen LogP contribution in [0.1, 0.15) is 12.5 Å². The Bertz CT molecular complexity index is 1180.